The Kier molecular flexibility index (Phi) is 4.84. The highest BCUT2D eigenvalue weighted by atomic mass is 16.5. The van der Waals surface area contributed by atoms with Crippen molar-refractivity contribution in [1.82, 2.24) is 10.2 Å². The molecule has 0 aromatic heterocycles. The van der Waals surface area contributed by atoms with Crippen molar-refractivity contribution in [3.63, 3.8) is 0 Å². The van der Waals surface area contributed by atoms with E-state index in [1.807, 2.05) is 6.92 Å². The van der Waals surface area contributed by atoms with Gasteiger partial charge in [-0.1, -0.05) is 6.92 Å². The third-order valence-electron chi connectivity index (χ3n) is 2.83. The summed E-state index contributed by atoms with van der Waals surface area (Å²) < 4.78 is 5.28. The Morgan fingerprint density at radius 1 is 1.22 bits per heavy atom. The first-order valence-electron chi connectivity index (χ1n) is 6.16. The van der Waals surface area contributed by atoms with Gasteiger partial charge in [0.15, 0.2) is 0 Å². The Bertz CT molecular complexity index is 352. The monoisotopic (exact) mass is 256 g/mol. The Balaban J connectivity index is 2.51. The van der Waals surface area contributed by atoms with E-state index in [1.165, 1.54) is 13.8 Å². The summed E-state index contributed by atoms with van der Waals surface area (Å²) in [6.45, 7) is 6.47. The summed E-state index contributed by atoms with van der Waals surface area (Å²) >= 11 is 0. The summed E-state index contributed by atoms with van der Waals surface area (Å²) in [4.78, 5) is 36.1. The Morgan fingerprint density at radius 2 is 1.89 bits per heavy atom. The highest BCUT2D eigenvalue weighted by Crippen LogP contribution is 2.23. The summed E-state index contributed by atoms with van der Waals surface area (Å²) in [5, 5.41) is 2.19. The lowest BCUT2D eigenvalue weighted by Gasteiger charge is -2.34. The molecule has 0 bridgehead atoms. The van der Waals surface area contributed by atoms with Crippen molar-refractivity contribution in [3.05, 3.63) is 0 Å². The van der Waals surface area contributed by atoms with Crippen LogP contribution in [0.15, 0.2) is 0 Å². The number of urea groups is 1. The first-order valence-corrected chi connectivity index (χ1v) is 6.16. The fourth-order valence-corrected chi connectivity index (χ4v) is 1.62. The van der Waals surface area contributed by atoms with Crippen molar-refractivity contribution in [2.45, 2.75) is 33.6 Å². The van der Waals surface area contributed by atoms with Crippen LogP contribution in [0.1, 0.15) is 33.6 Å². The summed E-state index contributed by atoms with van der Waals surface area (Å²) in [6, 6.07) is -0.639. The number of imide groups is 2. The quantitative estimate of drug-likeness (QED) is 0.566. The number of hydrogen-bond acceptors (Lipinski definition) is 4. The van der Waals surface area contributed by atoms with Gasteiger partial charge in [0.05, 0.1) is 0 Å². The van der Waals surface area contributed by atoms with E-state index in [0.717, 1.165) is 11.3 Å². The van der Waals surface area contributed by atoms with Gasteiger partial charge in [-0.05, 0) is 26.7 Å². The Morgan fingerprint density at radius 3 is 2.50 bits per heavy atom. The molecule has 0 atom stereocenters. The number of ether oxygens (including phenoxy) is 1. The van der Waals surface area contributed by atoms with Gasteiger partial charge in [-0.3, -0.25) is 19.8 Å². The van der Waals surface area contributed by atoms with E-state index in [2.05, 4.69) is 5.32 Å². The highest BCUT2D eigenvalue weighted by molar-refractivity contribution is 6.18. The number of amides is 4. The average molecular weight is 256 g/mol. The van der Waals surface area contributed by atoms with E-state index in [4.69, 9.17) is 4.74 Å². The van der Waals surface area contributed by atoms with E-state index in [-0.39, 0.29) is 6.54 Å². The molecule has 0 unspecified atom stereocenters. The molecule has 1 heterocycles. The molecule has 0 radical (unpaired) electrons. The smallest absolute Gasteiger partial charge is 0.330 e. The van der Waals surface area contributed by atoms with Gasteiger partial charge < -0.3 is 4.74 Å². The van der Waals surface area contributed by atoms with Gasteiger partial charge in [0.25, 0.3) is 0 Å². The van der Waals surface area contributed by atoms with Gasteiger partial charge in [0, 0.05) is 19.8 Å². The molecular formula is C12H20N2O4. The van der Waals surface area contributed by atoms with Crippen LogP contribution in [0.3, 0.4) is 0 Å². The number of carbonyl (C=O) groups excluding carboxylic acids is 3. The molecule has 102 valence electrons. The molecule has 1 rings (SSSR count). The van der Waals surface area contributed by atoms with E-state index < -0.39 is 23.3 Å². The average Bonchev–Trinajstić information content (AvgIpc) is 2.31. The third-order valence-corrected chi connectivity index (χ3v) is 2.83. The SMILES string of the molecule is CCCOCCCN1C(=O)NC(=O)C(C)(C)C1=O. The van der Waals surface area contributed by atoms with Crippen LogP contribution in [0.4, 0.5) is 4.79 Å². The molecule has 6 nitrogen and oxygen atoms in total. The van der Waals surface area contributed by atoms with E-state index in [0.29, 0.717) is 19.6 Å². The summed E-state index contributed by atoms with van der Waals surface area (Å²) in [7, 11) is 0. The lowest BCUT2D eigenvalue weighted by atomic mass is 9.89. The minimum Gasteiger partial charge on any atom is -0.381 e. The summed E-state index contributed by atoms with van der Waals surface area (Å²) in [5.41, 5.74) is -1.18. The maximum Gasteiger partial charge on any atom is 0.330 e. The normalized spacial score (nSPS) is 19.1. The van der Waals surface area contributed by atoms with Crippen LogP contribution in [0.25, 0.3) is 0 Å². The third kappa shape index (κ3) is 3.07. The molecule has 1 saturated heterocycles. The van der Waals surface area contributed by atoms with E-state index >= 15 is 0 Å². The molecule has 0 saturated carbocycles. The van der Waals surface area contributed by atoms with Crippen molar-refractivity contribution in [2.24, 2.45) is 5.41 Å². The fourth-order valence-electron chi connectivity index (χ4n) is 1.62. The first-order chi connectivity index (χ1) is 8.41. The summed E-state index contributed by atoms with van der Waals surface area (Å²) in [5.74, 6) is -0.997. The van der Waals surface area contributed by atoms with Crippen LogP contribution in [-0.4, -0.2) is 42.5 Å². The molecule has 0 spiro atoms. The van der Waals surface area contributed by atoms with Crippen LogP contribution >= 0.6 is 0 Å². The zero-order valence-electron chi connectivity index (χ0n) is 11.1. The number of barbiturate groups is 1. The highest BCUT2D eigenvalue weighted by Gasteiger charge is 2.46. The zero-order valence-corrected chi connectivity index (χ0v) is 11.1. The Hall–Kier alpha value is -1.43. The minimum absolute atomic E-state index is 0.269. The zero-order chi connectivity index (χ0) is 13.8. The fraction of sp³-hybridized carbons (Fsp3) is 0.750. The standard InChI is InChI=1S/C12H20N2O4/c1-4-7-18-8-5-6-14-10(16)12(2,3)9(15)13-11(14)17/h4-8H2,1-3H3,(H,13,15,17). The number of carbonyl (C=O) groups is 3. The topological polar surface area (TPSA) is 75.7 Å². The van der Waals surface area contributed by atoms with Crippen molar-refractivity contribution < 1.29 is 19.1 Å². The number of rotatable bonds is 6. The van der Waals surface area contributed by atoms with Gasteiger partial charge in [-0.25, -0.2) is 4.79 Å². The first kappa shape index (κ1) is 14.6. The van der Waals surface area contributed by atoms with Gasteiger partial charge in [0.2, 0.25) is 11.8 Å². The van der Waals surface area contributed by atoms with Gasteiger partial charge in [0.1, 0.15) is 5.41 Å². The molecule has 1 fully saturated rings. The second-order valence-corrected chi connectivity index (χ2v) is 4.81. The molecule has 4 amide bonds. The maximum absolute atomic E-state index is 12.0. The van der Waals surface area contributed by atoms with Crippen LogP contribution in [0.2, 0.25) is 0 Å². The second kappa shape index (κ2) is 5.95. The minimum atomic E-state index is -1.18. The lowest BCUT2D eigenvalue weighted by Crippen LogP contribution is -2.62. The second-order valence-electron chi connectivity index (χ2n) is 4.81. The van der Waals surface area contributed by atoms with E-state index in [9.17, 15) is 14.4 Å². The molecule has 0 aliphatic carbocycles. The number of nitrogens with zero attached hydrogens (tertiary/aromatic N) is 1. The van der Waals surface area contributed by atoms with Crippen molar-refractivity contribution in [2.75, 3.05) is 19.8 Å². The molecule has 18 heavy (non-hydrogen) atoms. The van der Waals surface area contributed by atoms with Crippen LogP contribution in [-0.2, 0) is 14.3 Å². The molecule has 1 N–H and O–H groups in total. The van der Waals surface area contributed by atoms with E-state index in [1.54, 1.807) is 0 Å². The molecular weight excluding hydrogens is 236 g/mol. The van der Waals surface area contributed by atoms with Gasteiger partial charge in [-0.15, -0.1) is 0 Å². The van der Waals surface area contributed by atoms with Crippen LogP contribution < -0.4 is 5.32 Å². The predicted octanol–water partition coefficient (Wildman–Crippen LogP) is 0.908. The number of nitrogens with one attached hydrogen (secondary N) is 1. The molecule has 1 aliphatic heterocycles. The molecule has 1 aliphatic rings. The predicted molar refractivity (Wildman–Crippen MR) is 64.8 cm³/mol. The largest absolute Gasteiger partial charge is 0.381 e. The molecule has 0 aromatic rings. The van der Waals surface area contributed by atoms with Crippen molar-refractivity contribution >= 4 is 17.8 Å². The molecule has 0 aromatic carbocycles. The van der Waals surface area contributed by atoms with Crippen molar-refractivity contribution in [3.8, 4) is 0 Å². The van der Waals surface area contributed by atoms with Crippen LogP contribution in [0.5, 0.6) is 0 Å². The number of hydrogen-bond donors (Lipinski definition) is 1. The molecule has 6 heteroatoms. The summed E-state index contributed by atoms with van der Waals surface area (Å²) in [6.07, 6.45) is 1.51. The van der Waals surface area contributed by atoms with Crippen molar-refractivity contribution in [1.29, 1.82) is 0 Å². The maximum atomic E-state index is 12.0. The lowest BCUT2D eigenvalue weighted by molar-refractivity contribution is -0.149. The Labute approximate surface area is 107 Å². The van der Waals surface area contributed by atoms with Crippen LogP contribution in [0, 0.1) is 5.41 Å². The van der Waals surface area contributed by atoms with Gasteiger partial charge >= 0.3 is 6.03 Å². The van der Waals surface area contributed by atoms with Gasteiger partial charge in [-0.2, -0.15) is 0 Å².